The van der Waals surface area contributed by atoms with Crippen LogP contribution >= 0.6 is 11.3 Å². The third kappa shape index (κ3) is 3.49. The molecule has 1 aromatic carbocycles. The van der Waals surface area contributed by atoms with E-state index in [1.807, 2.05) is 37.3 Å². The number of aryl methyl sites for hydroxylation is 1. The maximum atomic E-state index is 12.6. The van der Waals surface area contributed by atoms with E-state index in [4.69, 9.17) is 4.98 Å². The maximum Gasteiger partial charge on any atom is 0.263 e. The van der Waals surface area contributed by atoms with E-state index in [9.17, 15) is 4.79 Å². The summed E-state index contributed by atoms with van der Waals surface area (Å²) in [6, 6.07) is 10.1. The first-order valence-corrected chi connectivity index (χ1v) is 10.5. The van der Waals surface area contributed by atoms with Crippen LogP contribution in [0.25, 0.3) is 16.7 Å². The fourth-order valence-corrected chi connectivity index (χ4v) is 4.41. The van der Waals surface area contributed by atoms with Gasteiger partial charge < -0.3 is 10.2 Å². The Morgan fingerprint density at radius 1 is 1.17 bits per heavy atom. The number of aromatic nitrogens is 5. The van der Waals surface area contributed by atoms with Gasteiger partial charge in [-0.05, 0) is 31.9 Å². The summed E-state index contributed by atoms with van der Waals surface area (Å²) in [6.07, 6.45) is 3.49. The predicted octanol–water partition coefficient (Wildman–Crippen LogP) is 2.95. The number of aromatic amines is 1. The van der Waals surface area contributed by atoms with Crippen molar-refractivity contribution >= 4 is 33.5 Å². The average Bonchev–Trinajstić information content (AvgIpc) is 3.35. The second-order valence-electron chi connectivity index (χ2n) is 7.22. The van der Waals surface area contributed by atoms with E-state index in [-0.39, 0.29) is 5.56 Å². The van der Waals surface area contributed by atoms with Crippen LogP contribution in [0, 0.1) is 6.92 Å². The van der Waals surface area contributed by atoms with E-state index < -0.39 is 0 Å². The molecule has 3 aromatic heterocycles. The van der Waals surface area contributed by atoms with E-state index in [0.29, 0.717) is 23.0 Å². The second-order valence-corrected chi connectivity index (χ2v) is 8.08. The Hall–Kier alpha value is -3.20. The van der Waals surface area contributed by atoms with Crippen LogP contribution in [0.3, 0.4) is 0 Å². The minimum absolute atomic E-state index is 0.161. The molecule has 148 valence electrons. The zero-order valence-corrected chi connectivity index (χ0v) is 16.8. The van der Waals surface area contributed by atoms with E-state index in [2.05, 4.69) is 30.7 Å². The van der Waals surface area contributed by atoms with Gasteiger partial charge in [0.2, 0.25) is 5.95 Å². The lowest BCUT2D eigenvalue weighted by Crippen LogP contribution is -2.40. The number of hydrogen-bond donors (Lipinski definition) is 2. The molecule has 1 aliphatic heterocycles. The number of nitrogens with one attached hydrogen (secondary N) is 2. The molecule has 1 aliphatic rings. The molecule has 1 saturated heterocycles. The van der Waals surface area contributed by atoms with Crippen LogP contribution in [0.2, 0.25) is 0 Å². The Morgan fingerprint density at radius 3 is 2.69 bits per heavy atom. The van der Waals surface area contributed by atoms with Crippen molar-refractivity contribution < 1.29 is 0 Å². The van der Waals surface area contributed by atoms with Crippen LogP contribution in [-0.4, -0.2) is 43.9 Å². The Balaban J connectivity index is 1.37. The molecule has 8 nitrogen and oxygen atoms in total. The number of piperidine rings is 1. The number of H-pyrrole nitrogens is 1. The number of fused-ring (bicyclic) bond motifs is 1. The SMILES string of the molecule is Cc1csc(NC2CCN(c3nc4c(cnn4-c4ccccc4)c(=O)[nH]3)CC2)n1. The van der Waals surface area contributed by atoms with E-state index >= 15 is 0 Å². The molecule has 4 heterocycles. The summed E-state index contributed by atoms with van der Waals surface area (Å²) < 4.78 is 1.72. The first-order valence-electron chi connectivity index (χ1n) is 9.64. The highest BCUT2D eigenvalue weighted by Crippen LogP contribution is 2.22. The van der Waals surface area contributed by atoms with Gasteiger partial charge in [0.15, 0.2) is 10.8 Å². The number of anilines is 2. The highest BCUT2D eigenvalue weighted by molar-refractivity contribution is 7.13. The molecule has 0 amide bonds. The molecule has 0 unspecified atom stereocenters. The number of benzene rings is 1. The zero-order valence-electron chi connectivity index (χ0n) is 16.0. The van der Waals surface area contributed by atoms with Gasteiger partial charge in [-0.15, -0.1) is 11.3 Å². The standard InChI is InChI=1S/C20H21N7OS/c1-13-12-29-20(22-13)23-14-7-9-26(10-8-14)19-24-17-16(18(28)25-19)11-21-27(17)15-5-3-2-4-6-15/h2-6,11-12,14H,7-10H2,1H3,(H,22,23)(H,24,25,28). The van der Waals surface area contributed by atoms with Gasteiger partial charge in [0.05, 0.1) is 17.6 Å². The van der Waals surface area contributed by atoms with Crippen molar-refractivity contribution in [2.45, 2.75) is 25.8 Å². The van der Waals surface area contributed by atoms with Gasteiger partial charge in [-0.1, -0.05) is 18.2 Å². The van der Waals surface area contributed by atoms with Gasteiger partial charge >= 0.3 is 0 Å². The maximum absolute atomic E-state index is 12.6. The molecule has 5 rings (SSSR count). The summed E-state index contributed by atoms with van der Waals surface area (Å²) in [5.41, 5.74) is 2.34. The van der Waals surface area contributed by atoms with Crippen molar-refractivity contribution in [3.8, 4) is 5.69 Å². The lowest BCUT2D eigenvalue weighted by molar-refractivity contribution is 0.519. The molecule has 29 heavy (non-hydrogen) atoms. The van der Waals surface area contributed by atoms with Crippen LogP contribution in [0.5, 0.6) is 0 Å². The molecule has 0 saturated carbocycles. The molecule has 0 aliphatic carbocycles. The zero-order chi connectivity index (χ0) is 19.8. The molecule has 0 bridgehead atoms. The molecule has 0 spiro atoms. The van der Waals surface area contributed by atoms with Crippen LogP contribution in [0.4, 0.5) is 11.1 Å². The predicted molar refractivity (Wildman–Crippen MR) is 115 cm³/mol. The quantitative estimate of drug-likeness (QED) is 0.540. The van der Waals surface area contributed by atoms with Crippen LogP contribution < -0.4 is 15.8 Å². The Bertz CT molecular complexity index is 1190. The molecular weight excluding hydrogens is 386 g/mol. The van der Waals surface area contributed by atoms with Crippen molar-refractivity contribution in [1.82, 2.24) is 24.7 Å². The first kappa shape index (κ1) is 17.9. The molecular formula is C20H21N7OS. The van der Waals surface area contributed by atoms with Gasteiger partial charge in [-0.3, -0.25) is 9.78 Å². The van der Waals surface area contributed by atoms with Gasteiger partial charge in [0.1, 0.15) is 5.39 Å². The Kier molecular flexibility index (Phi) is 4.51. The monoisotopic (exact) mass is 407 g/mol. The molecule has 1 fully saturated rings. The summed E-state index contributed by atoms with van der Waals surface area (Å²) in [7, 11) is 0. The molecule has 2 N–H and O–H groups in total. The minimum Gasteiger partial charge on any atom is -0.359 e. The van der Waals surface area contributed by atoms with Crippen molar-refractivity contribution in [2.75, 3.05) is 23.3 Å². The van der Waals surface area contributed by atoms with E-state index in [1.165, 1.54) is 0 Å². The summed E-state index contributed by atoms with van der Waals surface area (Å²) in [5, 5.41) is 11.4. The van der Waals surface area contributed by atoms with E-state index in [1.54, 1.807) is 22.2 Å². The normalized spacial score (nSPS) is 15.1. The first-order chi connectivity index (χ1) is 14.2. The second kappa shape index (κ2) is 7.32. The highest BCUT2D eigenvalue weighted by atomic mass is 32.1. The number of nitrogens with zero attached hydrogens (tertiary/aromatic N) is 5. The Morgan fingerprint density at radius 2 is 1.97 bits per heavy atom. The number of thiazole rings is 1. The average molecular weight is 408 g/mol. The summed E-state index contributed by atoms with van der Waals surface area (Å²) in [4.78, 5) is 26.9. The van der Waals surface area contributed by atoms with Crippen molar-refractivity contribution in [3.63, 3.8) is 0 Å². The van der Waals surface area contributed by atoms with Gasteiger partial charge in [0, 0.05) is 24.5 Å². The van der Waals surface area contributed by atoms with Crippen LogP contribution in [0.1, 0.15) is 18.5 Å². The summed E-state index contributed by atoms with van der Waals surface area (Å²) in [6.45, 7) is 3.63. The highest BCUT2D eigenvalue weighted by Gasteiger charge is 2.22. The molecule has 9 heteroatoms. The van der Waals surface area contributed by atoms with Gasteiger partial charge in [-0.25, -0.2) is 9.67 Å². The fourth-order valence-electron chi connectivity index (χ4n) is 3.65. The van der Waals surface area contributed by atoms with Crippen LogP contribution in [-0.2, 0) is 0 Å². The van der Waals surface area contributed by atoms with Crippen LogP contribution in [0.15, 0.2) is 46.7 Å². The van der Waals surface area contributed by atoms with E-state index in [0.717, 1.165) is 42.4 Å². The fraction of sp³-hybridized carbons (Fsp3) is 0.300. The smallest absolute Gasteiger partial charge is 0.263 e. The topological polar surface area (TPSA) is 91.7 Å². The number of para-hydroxylation sites is 1. The number of hydrogen-bond acceptors (Lipinski definition) is 7. The van der Waals surface area contributed by atoms with Crippen molar-refractivity contribution in [3.05, 3.63) is 58.0 Å². The lowest BCUT2D eigenvalue weighted by Gasteiger charge is -2.32. The molecule has 4 aromatic rings. The van der Waals surface area contributed by atoms with Gasteiger partial charge in [0.25, 0.3) is 5.56 Å². The van der Waals surface area contributed by atoms with Crippen molar-refractivity contribution in [1.29, 1.82) is 0 Å². The molecule has 0 atom stereocenters. The Labute approximate surface area is 171 Å². The minimum atomic E-state index is -0.161. The van der Waals surface area contributed by atoms with Crippen molar-refractivity contribution in [2.24, 2.45) is 0 Å². The lowest BCUT2D eigenvalue weighted by atomic mass is 10.1. The number of rotatable bonds is 4. The largest absolute Gasteiger partial charge is 0.359 e. The molecule has 0 radical (unpaired) electrons. The third-order valence-electron chi connectivity index (χ3n) is 5.17. The summed E-state index contributed by atoms with van der Waals surface area (Å²) >= 11 is 1.64. The van der Waals surface area contributed by atoms with Gasteiger partial charge in [-0.2, -0.15) is 10.1 Å². The summed E-state index contributed by atoms with van der Waals surface area (Å²) in [5.74, 6) is 0.601. The third-order valence-corrected chi connectivity index (χ3v) is 6.06.